The van der Waals surface area contributed by atoms with Crippen LogP contribution in [-0.2, 0) is 10.0 Å². The number of Topliss-reactive ketones (excluding diaryl/α,β-unsaturated/α-hetero) is 1. The molecule has 3 aromatic rings. The first-order valence-corrected chi connectivity index (χ1v) is 11.8. The van der Waals surface area contributed by atoms with Gasteiger partial charge in [-0.15, -0.1) is 10.2 Å². The van der Waals surface area contributed by atoms with Gasteiger partial charge in [-0.3, -0.25) is 4.79 Å². The molecule has 0 amide bonds. The molecule has 0 aliphatic carbocycles. The summed E-state index contributed by atoms with van der Waals surface area (Å²) >= 11 is 0.984. The van der Waals surface area contributed by atoms with Crippen LogP contribution >= 0.6 is 11.8 Å². The van der Waals surface area contributed by atoms with Crippen LogP contribution in [0.5, 0.6) is 11.5 Å². The van der Waals surface area contributed by atoms with Gasteiger partial charge in [0.25, 0.3) is 5.22 Å². The molecule has 0 bridgehead atoms. The van der Waals surface area contributed by atoms with E-state index in [1.807, 2.05) is 0 Å². The van der Waals surface area contributed by atoms with E-state index >= 15 is 0 Å². The maximum atomic E-state index is 12.7. The van der Waals surface area contributed by atoms with Gasteiger partial charge in [0.2, 0.25) is 15.9 Å². The van der Waals surface area contributed by atoms with E-state index in [9.17, 15) is 23.4 Å². The molecule has 11 heteroatoms. The van der Waals surface area contributed by atoms with Crippen molar-refractivity contribution < 1.29 is 27.8 Å². The number of benzene rings is 2. The van der Waals surface area contributed by atoms with Gasteiger partial charge in [0.15, 0.2) is 5.78 Å². The minimum Gasteiger partial charge on any atom is -0.508 e. The van der Waals surface area contributed by atoms with Crippen molar-refractivity contribution in [1.29, 1.82) is 0 Å². The highest BCUT2D eigenvalue weighted by molar-refractivity contribution is 7.99. The Morgan fingerprint density at radius 3 is 2.52 bits per heavy atom. The number of ketones is 1. The van der Waals surface area contributed by atoms with Crippen LogP contribution in [0.2, 0.25) is 0 Å². The molecule has 0 aliphatic heterocycles. The number of carbonyl (C=O) groups is 1. The number of nitrogens with zero attached hydrogens (tertiary/aromatic N) is 3. The molecule has 9 nitrogen and oxygen atoms in total. The van der Waals surface area contributed by atoms with Crippen LogP contribution in [-0.4, -0.2) is 57.8 Å². The summed E-state index contributed by atoms with van der Waals surface area (Å²) in [5.74, 6) is -0.791. The maximum absolute atomic E-state index is 12.7. The van der Waals surface area contributed by atoms with Crippen LogP contribution in [0.25, 0.3) is 11.5 Å². The summed E-state index contributed by atoms with van der Waals surface area (Å²) in [6.07, 6.45) is 0. The lowest BCUT2D eigenvalue weighted by Crippen LogP contribution is -2.30. The fourth-order valence-corrected chi connectivity index (χ4v) is 5.00. The topological polar surface area (TPSA) is 134 Å². The Hall–Kier alpha value is -2.89. The van der Waals surface area contributed by atoms with E-state index in [0.29, 0.717) is 18.7 Å². The van der Waals surface area contributed by atoms with Crippen molar-refractivity contribution in [2.24, 2.45) is 0 Å². The summed E-state index contributed by atoms with van der Waals surface area (Å²) in [6, 6.07) is 9.95. The number of aromatic nitrogens is 2. The van der Waals surface area contributed by atoms with E-state index in [4.69, 9.17) is 4.42 Å². The van der Waals surface area contributed by atoms with Gasteiger partial charge in [0.05, 0.1) is 16.2 Å². The van der Waals surface area contributed by atoms with Crippen molar-refractivity contribution in [3.63, 3.8) is 0 Å². The molecule has 3 rings (SSSR count). The minimum atomic E-state index is -3.63. The summed E-state index contributed by atoms with van der Waals surface area (Å²) < 4.78 is 32.4. The maximum Gasteiger partial charge on any atom is 0.277 e. The quantitative estimate of drug-likeness (QED) is 0.362. The van der Waals surface area contributed by atoms with E-state index in [0.717, 1.165) is 17.8 Å². The van der Waals surface area contributed by atoms with E-state index in [1.165, 1.54) is 28.6 Å². The van der Waals surface area contributed by atoms with Gasteiger partial charge in [-0.2, -0.15) is 4.31 Å². The van der Waals surface area contributed by atoms with Crippen molar-refractivity contribution in [2.45, 2.75) is 24.0 Å². The van der Waals surface area contributed by atoms with E-state index < -0.39 is 10.0 Å². The van der Waals surface area contributed by atoms with Gasteiger partial charge in [-0.05, 0) is 30.3 Å². The lowest BCUT2D eigenvalue weighted by Gasteiger charge is -2.18. The molecule has 1 heterocycles. The van der Waals surface area contributed by atoms with Crippen molar-refractivity contribution in [3.8, 4) is 23.0 Å². The third kappa shape index (κ3) is 5.06. The van der Waals surface area contributed by atoms with Crippen LogP contribution in [0.3, 0.4) is 0 Å². The lowest BCUT2D eigenvalue weighted by molar-refractivity contribution is 0.101. The Morgan fingerprint density at radius 2 is 1.84 bits per heavy atom. The largest absolute Gasteiger partial charge is 0.508 e. The van der Waals surface area contributed by atoms with Gasteiger partial charge in [-0.25, -0.2) is 8.42 Å². The molecule has 0 fully saturated rings. The molecule has 0 radical (unpaired) electrons. The number of phenolic OH excluding ortho intramolecular Hbond substituents is 2. The first-order valence-electron chi connectivity index (χ1n) is 9.38. The highest BCUT2D eigenvalue weighted by atomic mass is 32.2. The number of hydrogen-bond acceptors (Lipinski definition) is 9. The number of carbonyl (C=O) groups excluding carboxylic acids is 1. The molecule has 0 saturated heterocycles. The molecule has 0 spiro atoms. The van der Waals surface area contributed by atoms with Crippen LogP contribution in [0.1, 0.15) is 24.2 Å². The third-order valence-electron chi connectivity index (χ3n) is 4.44. The van der Waals surface area contributed by atoms with Crippen molar-refractivity contribution in [2.75, 3.05) is 18.8 Å². The number of phenols is 2. The number of rotatable bonds is 9. The summed E-state index contributed by atoms with van der Waals surface area (Å²) in [5, 5.41) is 27.0. The smallest absolute Gasteiger partial charge is 0.277 e. The number of aromatic hydroxyl groups is 2. The molecular formula is C20H21N3O6S2. The summed E-state index contributed by atoms with van der Waals surface area (Å²) in [4.78, 5) is 12.4. The molecular weight excluding hydrogens is 442 g/mol. The van der Waals surface area contributed by atoms with Gasteiger partial charge in [-0.1, -0.05) is 31.7 Å². The first kappa shape index (κ1) is 22.8. The highest BCUT2D eigenvalue weighted by Crippen LogP contribution is 2.28. The van der Waals surface area contributed by atoms with Gasteiger partial charge in [0, 0.05) is 24.7 Å². The summed E-state index contributed by atoms with van der Waals surface area (Å²) in [6.45, 7) is 4.25. The fraction of sp³-hybridized carbons (Fsp3) is 0.250. The summed E-state index contributed by atoms with van der Waals surface area (Å²) in [5.41, 5.74) is 0.509. The monoisotopic (exact) mass is 463 g/mol. The SMILES string of the molecule is CCN(CC)S(=O)(=O)c1cccc(-c2nnc(SCC(=O)c3ccc(O)cc3O)o2)c1. The van der Waals surface area contributed by atoms with Crippen molar-refractivity contribution >= 4 is 27.6 Å². The predicted molar refractivity (Wildman–Crippen MR) is 115 cm³/mol. The Balaban J connectivity index is 1.74. The second-order valence-electron chi connectivity index (χ2n) is 6.40. The van der Waals surface area contributed by atoms with Gasteiger partial charge in [0.1, 0.15) is 11.5 Å². The standard InChI is InChI=1S/C20H21N3O6S2/c1-3-23(4-2)31(27,28)15-7-5-6-13(10-15)19-21-22-20(29-19)30-12-18(26)16-9-8-14(24)11-17(16)25/h5-11,24-25H,3-4,12H2,1-2H3. The zero-order valence-electron chi connectivity index (χ0n) is 16.8. The normalized spacial score (nSPS) is 11.7. The molecule has 2 N–H and O–H groups in total. The van der Waals surface area contributed by atoms with Crippen LogP contribution in [0.15, 0.2) is 57.0 Å². The molecule has 0 unspecified atom stereocenters. The Bertz CT molecular complexity index is 1190. The van der Waals surface area contributed by atoms with Crippen LogP contribution < -0.4 is 0 Å². The second-order valence-corrected chi connectivity index (χ2v) is 9.27. The van der Waals surface area contributed by atoms with E-state index in [1.54, 1.807) is 26.0 Å². The zero-order chi connectivity index (χ0) is 22.6. The Labute approximate surface area is 183 Å². The third-order valence-corrected chi connectivity index (χ3v) is 7.30. The van der Waals surface area contributed by atoms with Crippen LogP contribution in [0.4, 0.5) is 0 Å². The Kier molecular flexibility index (Phi) is 6.98. The van der Waals surface area contributed by atoms with Crippen LogP contribution in [0, 0.1) is 0 Å². The molecule has 2 aromatic carbocycles. The molecule has 1 aromatic heterocycles. The Morgan fingerprint density at radius 1 is 1.10 bits per heavy atom. The average Bonchev–Trinajstić information content (AvgIpc) is 3.22. The number of thioether (sulfide) groups is 1. The first-order chi connectivity index (χ1) is 14.8. The lowest BCUT2D eigenvalue weighted by atomic mass is 10.1. The highest BCUT2D eigenvalue weighted by Gasteiger charge is 2.23. The molecule has 0 aliphatic rings. The summed E-state index contributed by atoms with van der Waals surface area (Å²) in [7, 11) is -3.63. The van der Waals surface area contributed by atoms with Gasteiger partial charge < -0.3 is 14.6 Å². The van der Waals surface area contributed by atoms with Crippen molar-refractivity contribution in [3.05, 3.63) is 48.0 Å². The van der Waals surface area contributed by atoms with E-state index in [2.05, 4.69) is 10.2 Å². The molecule has 0 saturated carbocycles. The molecule has 164 valence electrons. The van der Waals surface area contributed by atoms with Gasteiger partial charge >= 0.3 is 0 Å². The predicted octanol–water partition coefficient (Wildman–Crippen LogP) is 3.15. The van der Waals surface area contributed by atoms with Crippen molar-refractivity contribution in [1.82, 2.24) is 14.5 Å². The number of sulfonamides is 1. The second kappa shape index (κ2) is 9.50. The number of hydrogen-bond donors (Lipinski definition) is 2. The fourth-order valence-electron chi connectivity index (χ4n) is 2.85. The molecule has 0 atom stereocenters. The average molecular weight is 464 g/mol. The zero-order valence-corrected chi connectivity index (χ0v) is 18.5. The van der Waals surface area contributed by atoms with E-state index in [-0.39, 0.29) is 44.6 Å². The molecule has 31 heavy (non-hydrogen) atoms. The minimum absolute atomic E-state index is 0.0688.